The molecule has 0 unspecified atom stereocenters. The number of rotatable bonds is 4. The number of nitrogens with one attached hydrogen (secondary N) is 2. The molecule has 0 aliphatic heterocycles. The number of aromatic nitrogens is 2. The molecule has 2 aromatic heterocycles. The van der Waals surface area contributed by atoms with Crippen molar-refractivity contribution >= 4 is 33.0 Å². The maximum Gasteiger partial charge on any atom is 0.280 e. The van der Waals surface area contributed by atoms with Crippen LogP contribution < -0.4 is 10.9 Å². The standard InChI is InChI=1S/C12H14BrN3OS/c1-12(2,9-4-3-5-18-9)7-14-8-6-15-16-11(17)10(8)13/h3-6H,7H2,1-2H3,(H2,14,16,17). The highest BCUT2D eigenvalue weighted by atomic mass is 79.9. The van der Waals surface area contributed by atoms with Crippen molar-refractivity contribution in [3.05, 3.63) is 43.4 Å². The number of thiophene rings is 1. The van der Waals surface area contributed by atoms with Crippen LogP contribution >= 0.6 is 27.3 Å². The van der Waals surface area contributed by atoms with Gasteiger partial charge in [0.25, 0.3) is 5.56 Å². The molecular weight excluding hydrogens is 314 g/mol. The van der Waals surface area contributed by atoms with Crippen molar-refractivity contribution in [2.24, 2.45) is 0 Å². The zero-order valence-electron chi connectivity index (χ0n) is 10.2. The lowest BCUT2D eigenvalue weighted by Gasteiger charge is -2.24. The van der Waals surface area contributed by atoms with Gasteiger partial charge in [0.05, 0.1) is 11.9 Å². The van der Waals surface area contributed by atoms with Crippen molar-refractivity contribution in [2.45, 2.75) is 19.3 Å². The van der Waals surface area contributed by atoms with Crippen LogP contribution in [0, 0.1) is 0 Å². The van der Waals surface area contributed by atoms with Crippen LogP contribution in [0.25, 0.3) is 0 Å². The van der Waals surface area contributed by atoms with Crippen LogP contribution in [0.4, 0.5) is 5.69 Å². The minimum absolute atomic E-state index is 0.0101. The topological polar surface area (TPSA) is 57.8 Å². The van der Waals surface area contributed by atoms with Gasteiger partial charge in [0.2, 0.25) is 0 Å². The molecule has 0 aliphatic carbocycles. The highest BCUT2D eigenvalue weighted by Crippen LogP contribution is 2.28. The lowest BCUT2D eigenvalue weighted by Crippen LogP contribution is -2.27. The SMILES string of the molecule is CC(C)(CNc1cn[nH]c(=O)c1Br)c1cccs1. The van der Waals surface area contributed by atoms with E-state index in [2.05, 4.69) is 56.7 Å². The summed E-state index contributed by atoms with van der Waals surface area (Å²) in [4.78, 5) is 12.7. The van der Waals surface area contributed by atoms with Crippen LogP contribution in [-0.4, -0.2) is 16.7 Å². The Morgan fingerprint density at radius 1 is 1.56 bits per heavy atom. The maximum absolute atomic E-state index is 11.4. The van der Waals surface area contributed by atoms with E-state index in [1.165, 1.54) is 4.88 Å². The molecule has 0 saturated heterocycles. The van der Waals surface area contributed by atoms with Crippen molar-refractivity contribution in [3.63, 3.8) is 0 Å². The van der Waals surface area contributed by atoms with Gasteiger partial charge in [-0.1, -0.05) is 19.9 Å². The second-order valence-electron chi connectivity index (χ2n) is 4.64. The van der Waals surface area contributed by atoms with Crippen LogP contribution in [0.5, 0.6) is 0 Å². The van der Waals surface area contributed by atoms with Crippen molar-refractivity contribution in [1.29, 1.82) is 0 Å². The quantitative estimate of drug-likeness (QED) is 0.907. The highest BCUT2D eigenvalue weighted by Gasteiger charge is 2.21. The van der Waals surface area contributed by atoms with Crippen molar-refractivity contribution in [3.8, 4) is 0 Å². The number of H-pyrrole nitrogens is 1. The summed E-state index contributed by atoms with van der Waals surface area (Å²) in [6, 6.07) is 4.17. The van der Waals surface area contributed by atoms with Gasteiger partial charge in [-0.25, -0.2) is 5.10 Å². The van der Waals surface area contributed by atoms with Crippen molar-refractivity contribution in [1.82, 2.24) is 10.2 Å². The number of anilines is 1. The molecule has 2 aromatic rings. The molecule has 96 valence electrons. The summed E-state index contributed by atoms with van der Waals surface area (Å²) in [5.74, 6) is 0. The maximum atomic E-state index is 11.4. The zero-order valence-corrected chi connectivity index (χ0v) is 12.6. The van der Waals surface area contributed by atoms with Gasteiger partial charge >= 0.3 is 0 Å². The largest absolute Gasteiger partial charge is 0.382 e. The van der Waals surface area contributed by atoms with E-state index in [-0.39, 0.29) is 11.0 Å². The molecule has 2 rings (SSSR count). The van der Waals surface area contributed by atoms with Crippen LogP contribution in [0.2, 0.25) is 0 Å². The molecule has 18 heavy (non-hydrogen) atoms. The molecule has 6 heteroatoms. The number of hydrogen-bond donors (Lipinski definition) is 2. The van der Waals surface area contributed by atoms with Gasteiger partial charge in [-0.05, 0) is 27.4 Å². The van der Waals surface area contributed by atoms with E-state index in [4.69, 9.17) is 0 Å². The van der Waals surface area contributed by atoms with Gasteiger partial charge in [-0.2, -0.15) is 5.10 Å². The molecular formula is C12H14BrN3OS. The van der Waals surface area contributed by atoms with E-state index in [0.717, 1.165) is 6.54 Å². The van der Waals surface area contributed by atoms with Crippen LogP contribution in [0.15, 0.2) is 33.0 Å². The van der Waals surface area contributed by atoms with Crippen LogP contribution in [-0.2, 0) is 5.41 Å². The first-order chi connectivity index (χ1) is 8.50. The first-order valence-electron chi connectivity index (χ1n) is 5.52. The molecule has 0 atom stereocenters. The van der Waals surface area contributed by atoms with Gasteiger partial charge < -0.3 is 5.32 Å². The predicted molar refractivity (Wildman–Crippen MR) is 78.4 cm³/mol. The molecule has 0 spiro atoms. The molecule has 0 saturated carbocycles. The molecule has 0 amide bonds. The molecule has 0 fully saturated rings. The fourth-order valence-corrected chi connectivity index (χ4v) is 2.76. The Morgan fingerprint density at radius 3 is 3.00 bits per heavy atom. The molecule has 0 radical (unpaired) electrons. The summed E-state index contributed by atoms with van der Waals surface area (Å²) in [5.41, 5.74) is 0.494. The van der Waals surface area contributed by atoms with Gasteiger partial charge in [-0.15, -0.1) is 11.3 Å². The predicted octanol–water partition coefficient (Wildman–Crippen LogP) is 2.98. The number of nitrogens with zero attached hydrogens (tertiary/aromatic N) is 1. The van der Waals surface area contributed by atoms with Crippen molar-refractivity contribution < 1.29 is 0 Å². The minimum atomic E-state index is -0.228. The van der Waals surface area contributed by atoms with E-state index in [9.17, 15) is 4.79 Å². The normalized spacial score (nSPS) is 11.5. The van der Waals surface area contributed by atoms with Crippen molar-refractivity contribution in [2.75, 3.05) is 11.9 Å². The van der Waals surface area contributed by atoms with Gasteiger partial charge in [-0.3, -0.25) is 4.79 Å². The highest BCUT2D eigenvalue weighted by molar-refractivity contribution is 9.10. The third-order valence-corrected chi connectivity index (χ3v) is 4.73. The summed E-state index contributed by atoms with van der Waals surface area (Å²) < 4.78 is 0.486. The smallest absolute Gasteiger partial charge is 0.280 e. The van der Waals surface area contributed by atoms with Crippen LogP contribution in [0.3, 0.4) is 0 Å². The van der Waals surface area contributed by atoms with E-state index >= 15 is 0 Å². The van der Waals surface area contributed by atoms with E-state index in [1.807, 2.05) is 6.07 Å². The Morgan fingerprint density at radius 2 is 2.33 bits per heavy atom. The third kappa shape index (κ3) is 2.81. The Hall–Kier alpha value is -1.14. The average molecular weight is 328 g/mol. The summed E-state index contributed by atoms with van der Waals surface area (Å²) in [7, 11) is 0. The molecule has 2 N–H and O–H groups in total. The summed E-state index contributed by atoms with van der Waals surface area (Å²) in [5, 5.41) is 11.5. The summed E-state index contributed by atoms with van der Waals surface area (Å²) in [6.07, 6.45) is 1.61. The Bertz CT molecular complexity index is 577. The first kappa shape index (κ1) is 13.3. The van der Waals surface area contributed by atoms with E-state index < -0.39 is 0 Å². The Labute approximate surface area is 118 Å². The zero-order chi connectivity index (χ0) is 13.2. The molecule has 0 aliphatic rings. The second-order valence-corrected chi connectivity index (χ2v) is 6.38. The molecule has 0 aromatic carbocycles. The average Bonchev–Trinajstić information content (AvgIpc) is 2.85. The Kier molecular flexibility index (Phi) is 3.87. The van der Waals surface area contributed by atoms with Gasteiger partial charge in [0, 0.05) is 16.8 Å². The lowest BCUT2D eigenvalue weighted by atomic mass is 9.91. The molecule has 0 bridgehead atoms. The third-order valence-electron chi connectivity index (χ3n) is 2.70. The van der Waals surface area contributed by atoms with Gasteiger partial charge in [0.1, 0.15) is 4.47 Å². The molecule has 2 heterocycles. The summed E-state index contributed by atoms with van der Waals surface area (Å²) >= 11 is 4.99. The minimum Gasteiger partial charge on any atom is -0.382 e. The lowest BCUT2D eigenvalue weighted by molar-refractivity contribution is 0.569. The fourth-order valence-electron chi connectivity index (χ4n) is 1.57. The second kappa shape index (κ2) is 5.24. The fraction of sp³-hybridized carbons (Fsp3) is 0.333. The van der Waals surface area contributed by atoms with E-state index in [1.54, 1.807) is 17.5 Å². The van der Waals surface area contributed by atoms with E-state index in [0.29, 0.717) is 10.2 Å². The summed E-state index contributed by atoms with van der Waals surface area (Å²) in [6.45, 7) is 5.07. The number of aromatic amines is 1. The van der Waals surface area contributed by atoms with Crippen LogP contribution in [0.1, 0.15) is 18.7 Å². The monoisotopic (exact) mass is 327 g/mol. The number of halogens is 1. The Balaban J connectivity index is 2.12. The molecule has 4 nitrogen and oxygen atoms in total. The van der Waals surface area contributed by atoms with Gasteiger partial charge in [0.15, 0.2) is 0 Å². The first-order valence-corrected chi connectivity index (χ1v) is 7.19. The number of hydrogen-bond acceptors (Lipinski definition) is 4.